The van der Waals surface area contributed by atoms with Gasteiger partial charge in [0.2, 0.25) is 11.8 Å². The van der Waals surface area contributed by atoms with Gasteiger partial charge in [-0.2, -0.15) is 0 Å². The Labute approximate surface area is 122 Å². The Morgan fingerprint density at radius 1 is 1.38 bits per heavy atom. The number of nitrogens with zero attached hydrogens (tertiary/aromatic N) is 2. The number of piperazine rings is 1. The molecule has 1 unspecified atom stereocenters. The van der Waals surface area contributed by atoms with Gasteiger partial charge in [0.25, 0.3) is 0 Å². The Kier molecular flexibility index (Phi) is 3.19. The highest BCUT2D eigenvalue weighted by Crippen LogP contribution is 2.37. The molecule has 0 aromatic carbocycles. The fourth-order valence-corrected chi connectivity index (χ4v) is 2.70. The van der Waals surface area contributed by atoms with Crippen molar-refractivity contribution >= 4 is 11.8 Å². The van der Waals surface area contributed by atoms with E-state index in [1.54, 1.807) is 13.8 Å². The molecule has 112 valence electrons. The van der Waals surface area contributed by atoms with Crippen molar-refractivity contribution in [1.82, 2.24) is 15.2 Å². The first kappa shape index (κ1) is 14.0. The van der Waals surface area contributed by atoms with E-state index in [0.29, 0.717) is 5.56 Å². The molecule has 2 fully saturated rings. The summed E-state index contributed by atoms with van der Waals surface area (Å²) in [6.45, 7) is 3.60. The maximum atomic E-state index is 13.3. The van der Waals surface area contributed by atoms with E-state index in [1.165, 1.54) is 17.2 Å². The highest BCUT2D eigenvalue weighted by molar-refractivity contribution is 5.99. The van der Waals surface area contributed by atoms with Crippen LogP contribution in [0.3, 0.4) is 0 Å². The summed E-state index contributed by atoms with van der Waals surface area (Å²) < 4.78 is 13.3. The topological polar surface area (TPSA) is 62.3 Å². The molecule has 0 bridgehead atoms. The third kappa shape index (κ3) is 2.50. The minimum absolute atomic E-state index is 0.0913. The number of aromatic nitrogens is 1. The van der Waals surface area contributed by atoms with E-state index in [1.807, 2.05) is 0 Å². The van der Waals surface area contributed by atoms with E-state index in [0.717, 1.165) is 19.0 Å². The van der Waals surface area contributed by atoms with Crippen LogP contribution in [0.2, 0.25) is 0 Å². The summed E-state index contributed by atoms with van der Waals surface area (Å²) in [4.78, 5) is 30.3. The zero-order valence-electron chi connectivity index (χ0n) is 12.1. The highest BCUT2D eigenvalue weighted by Gasteiger charge is 2.50. The summed E-state index contributed by atoms with van der Waals surface area (Å²) >= 11 is 0. The van der Waals surface area contributed by atoms with Crippen molar-refractivity contribution in [3.05, 3.63) is 29.8 Å². The van der Waals surface area contributed by atoms with Crippen molar-refractivity contribution in [3.8, 4) is 0 Å². The van der Waals surface area contributed by atoms with Crippen LogP contribution >= 0.6 is 0 Å². The molecule has 1 aliphatic carbocycles. The number of carbonyl (C=O) groups is 2. The maximum absolute atomic E-state index is 13.3. The first-order chi connectivity index (χ1) is 9.89. The van der Waals surface area contributed by atoms with Crippen LogP contribution in [0.15, 0.2) is 18.5 Å². The number of rotatable bonds is 3. The predicted octanol–water partition coefficient (Wildman–Crippen LogP) is 1.24. The van der Waals surface area contributed by atoms with Gasteiger partial charge in [-0.3, -0.25) is 14.6 Å². The Bertz CT molecular complexity index is 598. The molecule has 6 heteroatoms. The van der Waals surface area contributed by atoms with Crippen LogP contribution in [-0.2, 0) is 16.1 Å². The van der Waals surface area contributed by atoms with Crippen LogP contribution in [0.25, 0.3) is 0 Å². The molecule has 5 nitrogen and oxygen atoms in total. The molecule has 2 amide bonds. The number of halogens is 1. The Balaban J connectivity index is 1.88. The van der Waals surface area contributed by atoms with Gasteiger partial charge in [0.1, 0.15) is 17.4 Å². The van der Waals surface area contributed by atoms with Gasteiger partial charge in [-0.05, 0) is 44.2 Å². The van der Waals surface area contributed by atoms with Crippen LogP contribution in [0.5, 0.6) is 0 Å². The van der Waals surface area contributed by atoms with Crippen molar-refractivity contribution in [1.29, 1.82) is 0 Å². The van der Waals surface area contributed by atoms with Crippen LogP contribution < -0.4 is 5.32 Å². The lowest BCUT2D eigenvalue weighted by molar-refractivity contribution is -0.156. The molecule has 1 saturated carbocycles. The number of pyridine rings is 1. The quantitative estimate of drug-likeness (QED) is 0.911. The third-order valence-electron chi connectivity index (χ3n) is 4.24. The molecule has 1 aromatic rings. The maximum Gasteiger partial charge on any atom is 0.246 e. The molecular formula is C15H18FN3O2. The Hall–Kier alpha value is -1.98. The highest BCUT2D eigenvalue weighted by atomic mass is 19.1. The lowest BCUT2D eigenvalue weighted by Crippen LogP contribution is -2.68. The van der Waals surface area contributed by atoms with Gasteiger partial charge in [-0.1, -0.05) is 0 Å². The summed E-state index contributed by atoms with van der Waals surface area (Å²) in [5.41, 5.74) is -0.366. The molecule has 1 atom stereocenters. The molecule has 1 aliphatic heterocycles. The smallest absolute Gasteiger partial charge is 0.246 e. The number of nitrogens with one attached hydrogen (secondary N) is 1. The molecule has 0 radical (unpaired) electrons. The van der Waals surface area contributed by atoms with Gasteiger partial charge >= 0.3 is 0 Å². The molecule has 21 heavy (non-hydrogen) atoms. The summed E-state index contributed by atoms with van der Waals surface area (Å²) in [6.07, 6.45) is 4.57. The molecule has 1 saturated heterocycles. The first-order valence-corrected chi connectivity index (χ1v) is 7.11. The number of hydrogen-bond donors (Lipinski definition) is 1. The molecule has 1 aromatic heterocycles. The van der Waals surface area contributed by atoms with E-state index >= 15 is 0 Å². The second-order valence-electron chi connectivity index (χ2n) is 6.28. The molecule has 3 rings (SSSR count). The van der Waals surface area contributed by atoms with E-state index in [2.05, 4.69) is 10.3 Å². The number of amides is 2. The zero-order chi connectivity index (χ0) is 15.2. The molecular weight excluding hydrogens is 273 g/mol. The van der Waals surface area contributed by atoms with Crippen LogP contribution in [0.1, 0.15) is 32.3 Å². The summed E-state index contributed by atoms with van der Waals surface area (Å²) in [5, 5.41) is 2.83. The van der Waals surface area contributed by atoms with E-state index in [-0.39, 0.29) is 24.3 Å². The van der Waals surface area contributed by atoms with Gasteiger partial charge in [-0.15, -0.1) is 0 Å². The minimum atomic E-state index is -0.950. The average molecular weight is 291 g/mol. The molecule has 1 N–H and O–H groups in total. The van der Waals surface area contributed by atoms with Crippen molar-refractivity contribution in [2.24, 2.45) is 5.92 Å². The molecule has 2 aliphatic rings. The zero-order valence-corrected chi connectivity index (χ0v) is 12.1. The average Bonchev–Trinajstić information content (AvgIpc) is 3.24. The van der Waals surface area contributed by atoms with Crippen LogP contribution in [0, 0.1) is 11.7 Å². The second-order valence-corrected chi connectivity index (χ2v) is 6.28. The minimum Gasteiger partial charge on any atom is -0.342 e. The lowest BCUT2D eigenvalue weighted by atomic mass is 9.93. The van der Waals surface area contributed by atoms with Gasteiger partial charge < -0.3 is 10.2 Å². The monoisotopic (exact) mass is 291 g/mol. The predicted molar refractivity (Wildman–Crippen MR) is 73.5 cm³/mol. The van der Waals surface area contributed by atoms with E-state index in [9.17, 15) is 14.0 Å². The van der Waals surface area contributed by atoms with Crippen molar-refractivity contribution in [2.45, 2.75) is 44.8 Å². The number of carbonyl (C=O) groups excluding carboxylic acids is 2. The molecule has 0 spiro atoms. The first-order valence-electron chi connectivity index (χ1n) is 7.11. The van der Waals surface area contributed by atoms with Gasteiger partial charge in [-0.25, -0.2) is 4.39 Å². The van der Waals surface area contributed by atoms with Crippen LogP contribution in [0.4, 0.5) is 4.39 Å². The van der Waals surface area contributed by atoms with E-state index in [4.69, 9.17) is 0 Å². The normalized spacial score (nSPS) is 24.9. The SMILES string of the molecule is CC1(C)C(=O)NC(C2CC2)C(=O)N1Cc1cncc(F)c1. The molecule has 2 heterocycles. The number of hydrogen-bond acceptors (Lipinski definition) is 3. The second kappa shape index (κ2) is 4.79. The van der Waals surface area contributed by atoms with Gasteiger partial charge in [0, 0.05) is 12.7 Å². The fourth-order valence-electron chi connectivity index (χ4n) is 2.70. The Morgan fingerprint density at radius 2 is 2.10 bits per heavy atom. The Morgan fingerprint density at radius 3 is 2.71 bits per heavy atom. The summed E-state index contributed by atoms with van der Waals surface area (Å²) in [7, 11) is 0. The summed E-state index contributed by atoms with van der Waals surface area (Å²) in [5.74, 6) is -0.460. The van der Waals surface area contributed by atoms with Gasteiger partial charge in [0.05, 0.1) is 6.20 Å². The van der Waals surface area contributed by atoms with Crippen LogP contribution in [-0.4, -0.2) is 33.3 Å². The van der Waals surface area contributed by atoms with Gasteiger partial charge in [0.15, 0.2) is 0 Å². The van der Waals surface area contributed by atoms with Crippen molar-refractivity contribution in [3.63, 3.8) is 0 Å². The fraction of sp³-hybridized carbons (Fsp3) is 0.533. The standard InChI is InChI=1S/C15H18FN3O2/c1-15(2)14(21)18-12(10-3-4-10)13(20)19(15)8-9-5-11(16)7-17-6-9/h5-7,10,12H,3-4,8H2,1-2H3,(H,18,21). The largest absolute Gasteiger partial charge is 0.342 e. The third-order valence-corrected chi connectivity index (χ3v) is 4.24. The summed E-state index contributed by atoms with van der Waals surface area (Å²) in [6, 6.07) is 0.904. The lowest BCUT2D eigenvalue weighted by Gasteiger charge is -2.44. The van der Waals surface area contributed by atoms with Crippen molar-refractivity contribution in [2.75, 3.05) is 0 Å². The van der Waals surface area contributed by atoms with E-state index < -0.39 is 17.4 Å². The van der Waals surface area contributed by atoms with Crippen molar-refractivity contribution < 1.29 is 14.0 Å².